The molecular formula is C12H23NS. The summed E-state index contributed by atoms with van der Waals surface area (Å²) >= 11 is 4.17. The Morgan fingerprint density at radius 2 is 2.07 bits per heavy atom. The molecule has 0 bridgehead atoms. The van der Waals surface area contributed by atoms with E-state index in [2.05, 4.69) is 43.5 Å². The first-order valence-corrected chi connectivity index (χ1v) is 6.37. The van der Waals surface area contributed by atoms with Crippen molar-refractivity contribution in [1.82, 2.24) is 4.90 Å². The highest BCUT2D eigenvalue weighted by Gasteiger charge is 2.27. The van der Waals surface area contributed by atoms with E-state index in [-0.39, 0.29) is 0 Å². The minimum atomic E-state index is 0.824. The summed E-state index contributed by atoms with van der Waals surface area (Å²) in [6.45, 7) is 6.99. The molecule has 0 aliphatic heterocycles. The molecule has 1 aliphatic rings. The largest absolute Gasteiger partial charge is 0.297 e. The summed E-state index contributed by atoms with van der Waals surface area (Å²) in [5.41, 5.74) is 0. The molecule has 0 N–H and O–H groups in total. The second-order valence-corrected chi connectivity index (χ2v) is 4.93. The molecule has 0 aromatic carbocycles. The lowest BCUT2D eigenvalue weighted by atomic mass is 10.1. The van der Waals surface area contributed by atoms with E-state index in [4.69, 9.17) is 0 Å². The minimum Gasteiger partial charge on any atom is -0.297 e. The first kappa shape index (κ1) is 12.1. The van der Waals surface area contributed by atoms with Gasteiger partial charge in [0.15, 0.2) is 0 Å². The molecule has 0 amide bonds. The Kier molecular flexibility index (Phi) is 5.64. The van der Waals surface area contributed by atoms with E-state index in [1.54, 1.807) is 0 Å². The molecule has 0 aromatic rings. The van der Waals surface area contributed by atoms with Crippen LogP contribution in [0, 0.1) is 5.92 Å². The van der Waals surface area contributed by atoms with Crippen LogP contribution in [0.15, 0.2) is 12.2 Å². The summed E-state index contributed by atoms with van der Waals surface area (Å²) in [6.07, 6.45) is 8.55. The highest BCUT2D eigenvalue weighted by atomic mass is 32.1. The van der Waals surface area contributed by atoms with Crippen molar-refractivity contribution in [2.24, 2.45) is 5.92 Å². The molecule has 0 heterocycles. The average molecular weight is 213 g/mol. The predicted octanol–water partition coefficient (Wildman–Crippen LogP) is 2.98. The van der Waals surface area contributed by atoms with Crippen molar-refractivity contribution in [3.05, 3.63) is 12.2 Å². The van der Waals surface area contributed by atoms with Gasteiger partial charge in [0.1, 0.15) is 0 Å². The third kappa shape index (κ3) is 5.06. The lowest BCUT2D eigenvalue weighted by Crippen LogP contribution is -2.28. The van der Waals surface area contributed by atoms with Crippen LogP contribution in [-0.2, 0) is 0 Å². The predicted molar refractivity (Wildman–Crippen MR) is 67.0 cm³/mol. The molecule has 1 aliphatic carbocycles. The van der Waals surface area contributed by atoms with E-state index < -0.39 is 0 Å². The van der Waals surface area contributed by atoms with E-state index >= 15 is 0 Å². The molecule has 82 valence electrons. The molecule has 0 spiro atoms. The van der Waals surface area contributed by atoms with Gasteiger partial charge in [0.2, 0.25) is 0 Å². The fourth-order valence-electron chi connectivity index (χ4n) is 1.57. The van der Waals surface area contributed by atoms with Crippen LogP contribution in [0.25, 0.3) is 0 Å². The molecule has 2 heteroatoms. The molecule has 1 nitrogen and oxygen atoms in total. The van der Waals surface area contributed by atoms with Gasteiger partial charge in [-0.2, -0.15) is 12.6 Å². The van der Waals surface area contributed by atoms with Crippen molar-refractivity contribution in [2.45, 2.75) is 39.2 Å². The third-order valence-corrected chi connectivity index (χ3v) is 2.88. The number of nitrogens with zero attached hydrogens (tertiary/aromatic N) is 1. The van der Waals surface area contributed by atoms with Crippen molar-refractivity contribution in [2.75, 3.05) is 18.8 Å². The van der Waals surface area contributed by atoms with Gasteiger partial charge in [-0.25, -0.2) is 0 Å². The van der Waals surface area contributed by atoms with Gasteiger partial charge >= 0.3 is 0 Å². The first-order valence-electron chi connectivity index (χ1n) is 5.74. The van der Waals surface area contributed by atoms with Crippen LogP contribution in [0.1, 0.15) is 33.1 Å². The average Bonchev–Trinajstić information content (AvgIpc) is 2.94. The van der Waals surface area contributed by atoms with Crippen LogP contribution in [0.3, 0.4) is 0 Å². The van der Waals surface area contributed by atoms with Crippen LogP contribution in [0.2, 0.25) is 0 Å². The summed E-state index contributed by atoms with van der Waals surface area (Å²) in [5.74, 6) is 1.69. The quantitative estimate of drug-likeness (QED) is 0.502. The number of hydrogen-bond donors (Lipinski definition) is 1. The zero-order chi connectivity index (χ0) is 10.4. The van der Waals surface area contributed by atoms with Crippen LogP contribution in [-0.4, -0.2) is 29.8 Å². The van der Waals surface area contributed by atoms with Crippen molar-refractivity contribution >= 4 is 12.6 Å². The van der Waals surface area contributed by atoms with Crippen molar-refractivity contribution in [3.63, 3.8) is 0 Å². The molecule has 0 radical (unpaired) electrons. The van der Waals surface area contributed by atoms with E-state index in [1.807, 2.05) is 0 Å². The standard InChI is InChI=1S/C12H23NS/c1-11(2)7-9-13(12-5-6-12)8-3-4-10-14/h3-4,11-12,14H,5-10H2,1-2H3/b4-3+. The Morgan fingerprint density at radius 1 is 1.36 bits per heavy atom. The molecule has 0 saturated heterocycles. The maximum absolute atomic E-state index is 4.17. The Hall–Kier alpha value is 0.0500. The maximum Gasteiger partial charge on any atom is 0.0166 e. The van der Waals surface area contributed by atoms with Gasteiger partial charge in [-0.1, -0.05) is 26.0 Å². The van der Waals surface area contributed by atoms with Crippen molar-refractivity contribution < 1.29 is 0 Å². The third-order valence-electron chi connectivity index (χ3n) is 2.67. The highest BCUT2D eigenvalue weighted by Crippen LogP contribution is 2.27. The summed E-state index contributed by atoms with van der Waals surface area (Å²) < 4.78 is 0. The van der Waals surface area contributed by atoms with Gasteiger partial charge in [0, 0.05) is 18.3 Å². The van der Waals surface area contributed by atoms with Gasteiger partial charge < -0.3 is 0 Å². The second kappa shape index (κ2) is 6.52. The normalized spacial score (nSPS) is 17.5. The summed E-state index contributed by atoms with van der Waals surface area (Å²) in [4.78, 5) is 2.61. The van der Waals surface area contributed by atoms with E-state index in [0.717, 1.165) is 24.3 Å². The van der Waals surface area contributed by atoms with Crippen LogP contribution < -0.4 is 0 Å². The Morgan fingerprint density at radius 3 is 2.57 bits per heavy atom. The Labute approximate surface area is 94.0 Å². The summed E-state index contributed by atoms with van der Waals surface area (Å²) in [5, 5.41) is 0. The molecular weight excluding hydrogens is 190 g/mol. The zero-order valence-corrected chi connectivity index (χ0v) is 10.3. The topological polar surface area (TPSA) is 3.24 Å². The smallest absolute Gasteiger partial charge is 0.0166 e. The van der Waals surface area contributed by atoms with Gasteiger partial charge in [-0.3, -0.25) is 4.90 Å². The molecule has 0 unspecified atom stereocenters. The first-order chi connectivity index (χ1) is 6.74. The van der Waals surface area contributed by atoms with Crippen LogP contribution in [0.5, 0.6) is 0 Å². The van der Waals surface area contributed by atoms with E-state index in [0.29, 0.717) is 0 Å². The number of thiol groups is 1. The molecule has 0 aromatic heterocycles. The fourth-order valence-corrected chi connectivity index (χ4v) is 1.72. The number of hydrogen-bond acceptors (Lipinski definition) is 2. The molecule has 1 rings (SSSR count). The Bertz CT molecular complexity index is 173. The Balaban J connectivity index is 2.20. The lowest BCUT2D eigenvalue weighted by molar-refractivity contribution is 0.273. The number of rotatable bonds is 7. The van der Waals surface area contributed by atoms with Crippen LogP contribution >= 0.6 is 12.6 Å². The highest BCUT2D eigenvalue weighted by molar-refractivity contribution is 7.80. The van der Waals surface area contributed by atoms with Crippen molar-refractivity contribution in [1.29, 1.82) is 0 Å². The van der Waals surface area contributed by atoms with Gasteiger partial charge in [0.05, 0.1) is 0 Å². The van der Waals surface area contributed by atoms with Gasteiger partial charge in [-0.15, -0.1) is 0 Å². The van der Waals surface area contributed by atoms with Gasteiger partial charge in [0.25, 0.3) is 0 Å². The molecule has 14 heavy (non-hydrogen) atoms. The molecule has 1 saturated carbocycles. The van der Waals surface area contributed by atoms with Crippen LogP contribution in [0.4, 0.5) is 0 Å². The lowest BCUT2D eigenvalue weighted by Gasteiger charge is -2.21. The molecule has 0 atom stereocenters. The molecule has 1 fully saturated rings. The summed E-state index contributed by atoms with van der Waals surface area (Å²) in [6, 6.07) is 0.887. The fraction of sp³-hybridized carbons (Fsp3) is 0.833. The van der Waals surface area contributed by atoms with E-state index in [9.17, 15) is 0 Å². The van der Waals surface area contributed by atoms with Crippen molar-refractivity contribution in [3.8, 4) is 0 Å². The van der Waals surface area contributed by atoms with Gasteiger partial charge in [-0.05, 0) is 31.7 Å². The SMILES string of the molecule is CC(C)CCN(C/C=C/CS)C1CC1. The maximum atomic E-state index is 4.17. The van der Waals surface area contributed by atoms with E-state index in [1.165, 1.54) is 25.8 Å². The zero-order valence-electron chi connectivity index (χ0n) is 9.45. The summed E-state index contributed by atoms with van der Waals surface area (Å²) in [7, 11) is 0. The second-order valence-electron chi connectivity index (χ2n) is 4.56. The minimum absolute atomic E-state index is 0.824. The monoisotopic (exact) mass is 213 g/mol.